The predicted octanol–water partition coefficient (Wildman–Crippen LogP) is 3.94. The summed E-state index contributed by atoms with van der Waals surface area (Å²) in [6, 6.07) is 10.4. The Morgan fingerprint density at radius 1 is 1.25 bits per heavy atom. The highest BCUT2D eigenvalue weighted by Gasteiger charge is 2.16. The molecule has 20 heavy (non-hydrogen) atoms. The molecule has 0 aliphatic carbocycles. The molecular formula is C16H19BrN2O. The first-order valence-corrected chi connectivity index (χ1v) is 7.61. The van der Waals surface area contributed by atoms with Crippen LogP contribution in [0.2, 0.25) is 0 Å². The summed E-state index contributed by atoms with van der Waals surface area (Å²) in [5.41, 5.74) is 2.30. The maximum atomic E-state index is 5.54. The molecule has 0 radical (unpaired) electrons. The quantitative estimate of drug-likeness (QED) is 0.868. The summed E-state index contributed by atoms with van der Waals surface area (Å²) in [7, 11) is 0. The average molecular weight is 335 g/mol. The normalized spacial score (nSPS) is 12.2. The molecule has 2 aromatic rings. The van der Waals surface area contributed by atoms with Gasteiger partial charge in [-0.2, -0.15) is 0 Å². The number of aromatic nitrogens is 1. The number of nitrogens with zero attached hydrogens (tertiary/aromatic N) is 1. The fourth-order valence-corrected chi connectivity index (χ4v) is 2.67. The standard InChI is InChI=1S/C16H19BrN2O/c1-3-19-16(14-7-5-6-8-15(14)17)12-9-13(20-4-2)11-18-10-12/h5-11,16,19H,3-4H2,1-2H3. The molecule has 0 saturated carbocycles. The molecule has 0 fully saturated rings. The lowest BCUT2D eigenvalue weighted by atomic mass is 10.00. The second-order valence-corrected chi connectivity index (χ2v) is 5.25. The van der Waals surface area contributed by atoms with Gasteiger partial charge in [0, 0.05) is 10.7 Å². The van der Waals surface area contributed by atoms with Crippen molar-refractivity contribution in [2.45, 2.75) is 19.9 Å². The highest BCUT2D eigenvalue weighted by atomic mass is 79.9. The van der Waals surface area contributed by atoms with Crippen LogP contribution in [0.1, 0.15) is 31.0 Å². The molecule has 0 spiro atoms. The molecule has 0 aliphatic rings. The van der Waals surface area contributed by atoms with Crippen molar-refractivity contribution in [1.29, 1.82) is 0 Å². The van der Waals surface area contributed by atoms with Crippen molar-refractivity contribution in [1.82, 2.24) is 10.3 Å². The zero-order valence-electron chi connectivity index (χ0n) is 11.8. The molecule has 106 valence electrons. The van der Waals surface area contributed by atoms with E-state index in [2.05, 4.69) is 45.3 Å². The van der Waals surface area contributed by atoms with E-state index in [1.54, 1.807) is 6.20 Å². The molecule has 1 aromatic heterocycles. The van der Waals surface area contributed by atoms with Crippen molar-refractivity contribution in [3.8, 4) is 5.75 Å². The van der Waals surface area contributed by atoms with Gasteiger partial charge in [-0.3, -0.25) is 4.98 Å². The fraction of sp³-hybridized carbons (Fsp3) is 0.312. The molecule has 0 amide bonds. The summed E-state index contributed by atoms with van der Waals surface area (Å²) in [6.07, 6.45) is 3.63. The van der Waals surface area contributed by atoms with Gasteiger partial charge < -0.3 is 10.1 Å². The lowest BCUT2D eigenvalue weighted by Crippen LogP contribution is -2.22. The molecule has 1 aromatic carbocycles. The van der Waals surface area contributed by atoms with Crippen molar-refractivity contribution in [3.05, 3.63) is 58.3 Å². The van der Waals surface area contributed by atoms with Gasteiger partial charge in [-0.05, 0) is 36.7 Å². The third-order valence-electron chi connectivity index (χ3n) is 3.00. The van der Waals surface area contributed by atoms with Gasteiger partial charge in [-0.25, -0.2) is 0 Å². The molecule has 1 heterocycles. The molecule has 1 unspecified atom stereocenters. The molecule has 1 N–H and O–H groups in total. The van der Waals surface area contributed by atoms with Gasteiger partial charge in [-0.1, -0.05) is 41.1 Å². The van der Waals surface area contributed by atoms with E-state index in [9.17, 15) is 0 Å². The second kappa shape index (κ2) is 7.41. The molecule has 0 bridgehead atoms. The van der Waals surface area contributed by atoms with Gasteiger partial charge in [0.1, 0.15) is 5.75 Å². The van der Waals surface area contributed by atoms with Gasteiger partial charge in [0.15, 0.2) is 0 Å². The minimum absolute atomic E-state index is 0.100. The third kappa shape index (κ3) is 3.58. The molecule has 3 nitrogen and oxygen atoms in total. The van der Waals surface area contributed by atoms with Crippen LogP contribution < -0.4 is 10.1 Å². The van der Waals surface area contributed by atoms with Crippen molar-refractivity contribution >= 4 is 15.9 Å². The van der Waals surface area contributed by atoms with Crippen LogP contribution >= 0.6 is 15.9 Å². The van der Waals surface area contributed by atoms with Gasteiger partial charge in [0.2, 0.25) is 0 Å². The van der Waals surface area contributed by atoms with Crippen LogP contribution in [0.25, 0.3) is 0 Å². The first kappa shape index (κ1) is 15.0. The van der Waals surface area contributed by atoms with E-state index in [1.807, 2.05) is 31.3 Å². The SMILES string of the molecule is CCNC(c1cncc(OCC)c1)c1ccccc1Br. The topological polar surface area (TPSA) is 34.2 Å². The minimum atomic E-state index is 0.100. The van der Waals surface area contributed by atoms with E-state index >= 15 is 0 Å². The lowest BCUT2D eigenvalue weighted by molar-refractivity contribution is 0.338. The van der Waals surface area contributed by atoms with Crippen LogP contribution in [0.5, 0.6) is 5.75 Å². The third-order valence-corrected chi connectivity index (χ3v) is 3.73. The summed E-state index contributed by atoms with van der Waals surface area (Å²) in [4.78, 5) is 4.28. The Morgan fingerprint density at radius 2 is 2.05 bits per heavy atom. The number of rotatable bonds is 6. The lowest BCUT2D eigenvalue weighted by Gasteiger charge is -2.20. The van der Waals surface area contributed by atoms with Gasteiger partial charge in [0.05, 0.1) is 18.8 Å². The maximum Gasteiger partial charge on any atom is 0.137 e. The van der Waals surface area contributed by atoms with Crippen LogP contribution in [-0.2, 0) is 0 Å². The van der Waals surface area contributed by atoms with E-state index in [-0.39, 0.29) is 6.04 Å². The zero-order chi connectivity index (χ0) is 14.4. The Morgan fingerprint density at radius 3 is 2.75 bits per heavy atom. The smallest absolute Gasteiger partial charge is 0.137 e. The average Bonchev–Trinajstić information content (AvgIpc) is 2.46. The Labute approximate surface area is 128 Å². The minimum Gasteiger partial charge on any atom is -0.492 e. The van der Waals surface area contributed by atoms with E-state index in [0.29, 0.717) is 6.61 Å². The molecule has 0 aliphatic heterocycles. The zero-order valence-corrected chi connectivity index (χ0v) is 13.4. The first-order valence-electron chi connectivity index (χ1n) is 6.81. The Bertz CT molecular complexity index is 560. The van der Waals surface area contributed by atoms with E-state index in [1.165, 1.54) is 5.56 Å². The van der Waals surface area contributed by atoms with Crippen LogP contribution in [-0.4, -0.2) is 18.1 Å². The highest BCUT2D eigenvalue weighted by Crippen LogP contribution is 2.29. The van der Waals surface area contributed by atoms with E-state index < -0.39 is 0 Å². The predicted molar refractivity (Wildman–Crippen MR) is 85.1 cm³/mol. The van der Waals surface area contributed by atoms with Gasteiger partial charge >= 0.3 is 0 Å². The number of hydrogen-bond donors (Lipinski definition) is 1. The Hall–Kier alpha value is -1.39. The second-order valence-electron chi connectivity index (χ2n) is 4.40. The maximum absolute atomic E-state index is 5.54. The largest absolute Gasteiger partial charge is 0.492 e. The van der Waals surface area contributed by atoms with Crippen molar-refractivity contribution in [2.75, 3.05) is 13.2 Å². The summed E-state index contributed by atoms with van der Waals surface area (Å²) in [6.45, 7) is 5.60. The molecule has 4 heteroatoms. The van der Waals surface area contributed by atoms with Crippen LogP contribution in [0, 0.1) is 0 Å². The van der Waals surface area contributed by atoms with Crippen LogP contribution in [0.3, 0.4) is 0 Å². The number of hydrogen-bond acceptors (Lipinski definition) is 3. The molecule has 1 atom stereocenters. The van der Waals surface area contributed by atoms with E-state index in [4.69, 9.17) is 4.74 Å². The van der Waals surface area contributed by atoms with Gasteiger partial charge in [-0.15, -0.1) is 0 Å². The van der Waals surface area contributed by atoms with Gasteiger partial charge in [0.25, 0.3) is 0 Å². The van der Waals surface area contributed by atoms with Crippen molar-refractivity contribution < 1.29 is 4.74 Å². The summed E-state index contributed by atoms with van der Waals surface area (Å²) >= 11 is 3.62. The molecule has 2 rings (SSSR count). The number of halogens is 1. The number of ether oxygens (including phenoxy) is 1. The van der Waals surface area contributed by atoms with Crippen LogP contribution in [0.4, 0.5) is 0 Å². The van der Waals surface area contributed by atoms with E-state index in [0.717, 1.165) is 22.3 Å². The Kier molecular flexibility index (Phi) is 5.56. The molecular weight excluding hydrogens is 316 g/mol. The summed E-state index contributed by atoms with van der Waals surface area (Å²) in [5, 5.41) is 3.50. The number of nitrogens with one attached hydrogen (secondary N) is 1. The molecule has 0 saturated heterocycles. The summed E-state index contributed by atoms with van der Waals surface area (Å²) in [5.74, 6) is 0.806. The number of pyridine rings is 1. The van der Waals surface area contributed by atoms with Crippen molar-refractivity contribution in [2.24, 2.45) is 0 Å². The highest BCUT2D eigenvalue weighted by molar-refractivity contribution is 9.10. The first-order chi connectivity index (χ1) is 9.76. The summed E-state index contributed by atoms with van der Waals surface area (Å²) < 4.78 is 6.63. The van der Waals surface area contributed by atoms with Crippen LogP contribution in [0.15, 0.2) is 47.2 Å². The number of benzene rings is 1. The Balaban J connectivity index is 2.38. The fourth-order valence-electron chi connectivity index (χ4n) is 2.16. The monoisotopic (exact) mass is 334 g/mol. The van der Waals surface area contributed by atoms with Crippen molar-refractivity contribution in [3.63, 3.8) is 0 Å².